The highest BCUT2D eigenvalue weighted by Crippen LogP contribution is 2.17. The van der Waals surface area contributed by atoms with E-state index < -0.39 is 0 Å². The lowest BCUT2D eigenvalue weighted by Gasteiger charge is -2.32. The highest BCUT2D eigenvalue weighted by atomic mass is 16.2. The Labute approximate surface area is 123 Å². The molecule has 1 aliphatic heterocycles. The van der Waals surface area contributed by atoms with Crippen LogP contribution in [0.25, 0.3) is 5.82 Å². The van der Waals surface area contributed by atoms with Crippen LogP contribution in [-0.2, 0) is 4.79 Å². The van der Waals surface area contributed by atoms with Crippen molar-refractivity contribution < 1.29 is 4.79 Å². The fourth-order valence-corrected chi connectivity index (χ4v) is 2.59. The zero-order chi connectivity index (χ0) is 14.7. The van der Waals surface area contributed by atoms with Crippen molar-refractivity contribution in [3.8, 4) is 5.82 Å². The number of pyridine rings is 1. The summed E-state index contributed by atoms with van der Waals surface area (Å²) in [6.07, 6.45) is 9.12. The van der Waals surface area contributed by atoms with Crippen molar-refractivity contribution in [2.45, 2.75) is 25.8 Å². The standard InChI is InChI=1S/C15H19N5O/c1-12(21)19-7-4-13(5-8-19)18-14-2-3-15(17-10-14)20-9-6-16-11-20/h2-3,6,9-11,13,18H,4-5,7-8H2,1H3. The number of amides is 1. The van der Waals surface area contributed by atoms with Crippen molar-refractivity contribution in [3.05, 3.63) is 37.1 Å². The number of carbonyl (C=O) groups is 1. The number of rotatable bonds is 3. The molecule has 1 aliphatic rings. The first-order valence-corrected chi connectivity index (χ1v) is 7.19. The molecular weight excluding hydrogens is 266 g/mol. The molecule has 1 saturated heterocycles. The van der Waals surface area contributed by atoms with Gasteiger partial charge in [-0.25, -0.2) is 9.97 Å². The van der Waals surface area contributed by atoms with Crippen LogP contribution < -0.4 is 5.32 Å². The predicted molar refractivity (Wildman–Crippen MR) is 80.3 cm³/mol. The zero-order valence-corrected chi connectivity index (χ0v) is 12.1. The van der Waals surface area contributed by atoms with E-state index in [1.807, 2.05) is 34.0 Å². The van der Waals surface area contributed by atoms with E-state index >= 15 is 0 Å². The summed E-state index contributed by atoms with van der Waals surface area (Å²) in [5.41, 5.74) is 1.01. The van der Waals surface area contributed by atoms with E-state index in [2.05, 4.69) is 15.3 Å². The lowest BCUT2D eigenvalue weighted by Crippen LogP contribution is -2.41. The van der Waals surface area contributed by atoms with Gasteiger partial charge in [-0.2, -0.15) is 0 Å². The van der Waals surface area contributed by atoms with Gasteiger partial charge < -0.3 is 10.2 Å². The minimum absolute atomic E-state index is 0.166. The molecule has 3 rings (SSSR count). The van der Waals surface area contributed by atoms with E-state index in [0.29, 0.717) is 6.04 Å². The van der Waals surface area contributed by atoms with Crippen LogP contribution >= 0.6 is 0 Å². The van der Waals surface area contributed by atoms with Crippen LogP contribution in [0.1, 0.15) is 19.8 Å². The number of nitrogens with zero attached hydrogens (tertiary/aromatic N) is 4. The lowest BCUT2D eigenvalue weighted by atomic mass is 10.0. The van der Waals surface area contributed by atoms with E-state index in [-0.39, 0.29) is 5.91 Å². The number of aromatic nitrogens is 3. The zero-order valence-electron chi connectivity index (χ0n) is 12.1. The molecule has 1 fully saturated rings. The van der Waals surface area contributed by atoms with Crippen molar-refractivity contribution in [1.82, 2.24) is 19.4 Å². The van der Waals surface area contributed by atoms with Gasteiger partial charge in [-0.3, -0.25) is 9.36 Å². The van der Waals surface area contributed by atoms with Gasteiger partial charge in [0.05, 0.1) is 11.9 Å². The molecule has 0 aliphatic carbocycles. The summed E-state index contributed by atoms with van der Waals surface area (Å²) in [6.45, 7) is 3.29. The molecule has 0 bridgehead atoms. The molecule has 6 heteroatoms. The Kier molecular flexibility index (Phi) is 3.85. The summed E-state index contributed by atoms with van der Waals surface area (Å²) in [5.74, 6) is 1.02. The van der Waals surface area contributed by atoms with E-state index in [1.165, 1.54) is 0 Å². The molecular formula is C15H19N5O. The largest absolute Gasteiger partial charge is 0.381 e. The molecule has 110 valence electrons. The molecule has 2 aromatic heterocycles. The number of likely N-dealkylation sites (tertiary alicyclic amines) is 1. The van der Waals surface area contributed by atoms with Crippen LogP contribution in [0.2, 0.25) is 0 Å². The highest BCUT2D eigenvalue weighted by Gasteiger charge is 2.20. The molecule has 0 radical (unpaired) electrons. The van der Waals surface area contributed by atoms with Crippen molar-refractivity contribution in [1.29, 1.82) is 0 Å². The number of imidazole rings is 1. The normalized spacial score (nSPS) is 16.0. The molecule has 2 aromatic rings. The van der Waals surface area contributed by atoms with E-state index in [4.69, 9.17) is 0 Å². The first-order chi connectivity index (χ1) is 10.2. The minimum atomic E-state index is 0.166. The number of nitrogens with one attached hydrogen (secondary N) is 1. The van der Waals surface area contributed by atoms with Gasteiger partial charge in [0, 0.05) is 38.4 Å². The van der Waals surface area contributed by atoms with Gasteiger partial charge >= 0.3 is 0 Å². The van der Waals surface area contributed by atoms with E-state index in [0.717, 1.165) is 37.4 Å². The first-order valence-electron chi connectivity index (χ1n) is 7.19. The lowest BCUT2D eigenvalue weighted by molar-refractivity contribution is -0.129. The maximum atomic E-state index is 11.3. The van der Waals surface area contributed by atoms with E-state index in [1.54, 1.807) is 19.4 Å². The molecule has 6 nitrogen and oxygen atoms in total. The molecule has 1 N–H and O–H groups in total. The van der Waals surface area contributed by atoms with Gasteiger partial charge in [-0.05, 0) is 25.0 Å². The second-order valence-corrected chi connectivity index (χ2v) is 5.30. The third-order valence-corrected chi connectivity index (χ3v) is 3.83. The van der Waals surface area contributed by atoms with Gasteiger partial charge in [-0.1, -0.05) is 0 Å². The Morgan fingerprint density at radius 3 is 2.71 bits per heavy atom. The maximum Gasteiger partial charge on any atom is 0.219 e. The summed E-state index contributed by atoms with van der Waals surface area (Å²) in [6, 6.07) is 4.40. The number of hydrogen-bond donors (Lipinski definition) is 1. The summed E-state index contributed by atoms with van der Waals surface area (Å²) in [7, 11) is 0. The molecule has 0 unspecified atom stereocenters. The van der Waals surface area contributed by atoms with Gasteiger partial charge in [0.1, 0.15) is 12.1 Å². The van der Waals surface area contributed by atoms with Crippen molar-refractivity contribution in [2.75, 3.05) is 18.4 Å². The number of piperidine rings is 1. The van der Waals surface area contributed by atoms with Gasteiger partial charge in [0.25, 0.3) is 0 Å². The summed E-state index contributed by atoms with van der Waals surface area (Å²) < 4.78 is 1.87. The van der Waals surface area contributed by atoms with Crippen LogP contribution in [0, 0.1) is 0 Å². The molecule has 21 heavy (non-hydrogen) atoms. The average molecular weight is 285 g/mol. The van der Waals surface area contributed by atoms with Crippen LogP contribution in [-0.4, -0.2) is 44.5 Å². The Hall–Kier alpha value is -2.37. The first kappa shape index (κ1) is 13.6. The SMILES string of the molecule is CC(=O)N1CCC(Nc2ccc(-n3ccnc3)nc2)CC1. The van der Waals surface area contributed by atoms with Gasteiger partial charge in [0.2, 0.25) is 5.91 Å². The second kappa shape index (κ2) is 5.95. The molecule has 0 spiro atoms. The summed E-state index contributed by atoms with van der Waals surface area (Å²) in [4.78, 5) is 21.6. The van der Waals surface area contributed by atoms with Crippen LogP contribution in [0.15, 0.2) is 37.1 Å². The molecule has 0 saturated carbocycles. The van der Waals surface area contributed by atoms with Crippen LogP contribution in [0.5, 0.6) is 0 Å². The maximum absolute atomic E-state index is 11.3. The minimum Gasteiger partial charge on any atom is -0.381 e. The average Bonchev–Trinajstić information content (AvgIpc) is 3.03. The second-order valence-electron chi connectivity index (χ2n) is 5.30. The third kappa shape index (κ3) is 3.21. The van der Waals surface area contributed by atoms with Crippen LogP contribution in [0.3, 0.4) is 0 Å². The van der Waals surface area contributed by atoms with Gasteiger partial charge in [0.15, 0.2) is 0 Å². The highest BCUT2D eigenvalue weighted by molar-refractivity contribution is 5.73. The molecule has 3 heterocycles. The quantitative estimate of drug-likeness (QED) is 0.932. The van der Waals surface area contributed by atoms with Gasteiger partial charge in [-0.15, -0.1) is 0 Å². The Bertz CT molecular complexity index is 585. The smallest absolute Gasteiger partial charge is 0.219 e. The molecule has 0 atom stereocenters. The molecule has 1 amide bonds. The number of hydrogen-bond acceptors (Lipinski definition) is 4. The van der Waals surface area contributed by atoms with Crippen molar-refractivity contribution >= 4 is 11.6 Å². The summed E-state index contributed by atoms with van der Waals surface area (Å²) in [5, 5.41) is 3.49. The van der Waals surface area contributed by atoms with Crippen molar-refractivity contribution in [3.63, 3.8) is 0 Å². The van der Waals surface area contributed by atoms with Crippen molar-refractivity contribution in [2.24, 2.45) is 0 Å². The Morgan fingerprint density at radius 1 is 1.33 bits per heavy atom. The Balaban J connectivity index is 1.58. The number of anilines is 1. The molecule has 0 aromatic carbocycles. The fraction of sp³-hybridized carbons (Fsp3) is 0.400. The predicted octanol–water partition coefficient (Wildman–Crippen LogP) is 1.69. The third-order valence-electron chi connectivity index (χ3n) is 3.83. The topological polar surface area (TPSA) is 63.1 Å². The Morgan fingerprint density at radius 2 is 2.14 bits per heavy atom. The summed E-state index contributed by atoms with van der Waals surface area (Å²) >= 11 is 0. The fourth-order valence-electron chi connectivity index (χ4n) is 2.59. The van der Waals surface area contributed by atoms with E-state index in [9.17, 15) is 4.79 Å². The monoisotopic (exact) mass is 285 g/mol. The number of carbonyl (C=O) groups excluding carboxylic acids is 1. The van der Waals surface area contributed by atoms with Crippen LogP contribution in [0.4, 0.5) is 5.69 Å².